The van der Waals surface area contributed by atoms with Crippen molar-refractivity contribution in [2.45, 2.75) is 20.3 Å². The van der Waals surface area contributed by atoms with Crippen molar-refractivity contribution >= 4 is 29.0 Å². The molecule has 0 aliphatic carbocycles. The van der Waals surface area contributed by atoms with Crippen LogP contribution in [0.15, 0.2) is 16.8 Å². The first-order valence-corrected chi connectivity index (χ1v) is 6.73. The largest absolute Gasteiger partial charge is 0.481 e. The Bertz CT molecular complexity index is 390. The third-order valence-electron chi connectivity index (χ3n) is 2.39. The molecule has 1 aromatic heterocycles. The lowest BCUT2D eigenvalue weighted by Gasteiger charge is -2.15. The number of carbonyl (C=O) groups is 2. The zero-order chi connectivity index (χ0) is 13.5. The van der Waals surface area contributed by atoms with Gasteiger partial charge in [-0.25, -0.2) is 4.79 Å². The van der Waals surface area contributed by atoms with Crippen molar-refractivity contribution in [3.8, 4) is 0 Å². The molecule has 18 heavy (non-hydrogen) atoms. The summed E-state index contributed by atoms with van der Waals surface area (Å²) in [6, 6.07) is 1.41. The predicted octanol–water partition coefficient (Wildman–Crippen LogP) is 2.62. The summed E-state index contributed by atoms with van der Waals surface area (Å²) in [5.74, 6) is -1.13. The van der Waals surface area contributed by atoms with Crippen molar-refractivity contribution in [2.24, 2.45) is 11.8 Å². The summed E-state index contributed by atoms with van der Waals surface area (Å²) in [7, 11) is 0. The van der Waals surface area contributed by atoms with Crippen LogP contribution in [-0.2, 0) is 4.79 Å². The highest BCUT2D eigenvalue weighted by atomic mass is 32.1. The number of thiophene rings is 1. The highest BCUT2D eigenvalue weighted by molar-refractivity contribution is 7.08. The van der Waals surface area contributed by atoms with E-state index in [1.807, 2.05) is 24.6 Å². The van der Waals surface area contributed by atoms with Crippen LogP contribution >= 0.6 is 11.3 Å². The average molecular weight is 270 g/mol. The van der Waals surface area contributed by atoms with Crippen LogP contribution in [0.5, 0.6) is 0 Å². The Kier molecular flexibility index (Phi) is 5.64. The minimum Gasteiger partial charge on any atom is -0.481 e. The van der Waals surface area contributed by atoms with Crippen LogP contribution in [0.1, 0.15) is 20.3 Å². The molecule has 0 aliphatic heterocycles. The summed E-state index contributed by atoms with van der Waals surface area (Å²) in [5.41, 5.74) is 0.716. The van der Waals surface area contributed by atoms with Crippen LogP contribution in [0.25, 0.3) is 0 Å². The minimum absolute atomic E-state index is 0.142. The molecule has 1 rings (SSSR count). The topological polar surface area (TPSA) is 78.4 Å². The molecule has 1 aromatic rings. The minimum atomic E-state index is -0.875. The number of amides is 2. The zero-order valence-corrected chi connectivity index (χ0v) is 11.3. The van der Waals surface area contributed by atoms with Gasteiger partial charge in [-0.15, -0.1) is 0 Å². The number of rotatable bonds is 6. The maximum absolute atomic E-state index is 11.5. The van der Waals surface area contributed by atoms with Gasteiger partial charge in [0.2, 0.25) is 0 Å². The monoisotopic (exact) mass is 270 g/mol. The maximum Gasteiger partial charge on any atom is 0.319 e. The lowest BCUT2D eigenvalue weighted by atomic mass is 9.97. The van der Waals surface area contributed by atoms with Crippen molar-refractivity contribution in [3.05, 3.63) is 16.8 Å². The Morgan fingerprint density at radius 1 is 1.44 bits per heavy atom. The van der Waals surface area contributed by atoms with Gasteiger partial charge in [0.25, 0.3) is 0 Å². The van der Waals surface area contributed by atoms with Crippen LogP contribution in [0, 0.1) is 11.8 Å². The third-order valence-corrected chi connectivity index (χ3v) is 3.08. The third kappa shape index (κ3) is 5.18. The van der Waals surface area contributed by atoms with E-state index in [0.717, 1.165) is 0 Å². The molecule has 1 heterocycles. The standard InChI is InChI=1S/C12H18N2O3S/c1-8(2)5-9(11(15)16)6-13-12(17)14-10-3-4-18-7-10/h3-4,7-9H,5-6H2,1-2H3,(H,15,16)(H2,13,14,17). The van der Waals surface area contributed by atoms with Crippen molar-refractivity contribution in [3.63, 3.8) is 0 Å². The zero-order valence-electron chi connectivity index (χ0n) is 10.5. The van der Waals surface area contributed by atoms with E-state index in [-0.39, 0.29) is 18.5 Å². The smallest absolute Gasteiger partial charge is 0.319 e. The molecule has 1 atom stereocenters. The summed E-state index contributed by atoms with van der Waals surface area (Å²) in [4.78, 5) is 22.5. The quantitative estimate of drug-likeness (QED) is 0.743. The second-order valence-electron chi connectivity index (χ2n) is 4.51. The highest BCUT2D eigenvalue weighted by Crippen LogP contribution is 2.12. The normalized spacial score (nSPS) is 12.2. The molecular weight excluding hydrogens is 252 g/mol. The lowest BCUT2D eigenvalue weighted by molar-refractivity contribution is -0.142. The molecule has 0 spiro atoms. The molecule has 0 saturated heterocycles. The lowest BCUT2D eigenvalue weighted by Crippen LogP contribution is -2.36. The SMILES string of the molecule is CC(C)CC(CNC(=O)Nc1ccsc1)C(=O)O. The van der Waals surface area contributed by atoms with Gasteiger partial charge < -0.3 is 15.7 Å². The molecule has 0 radical (unpaired) electrons. The summed E-state index contributed by atoms with van der Waals surface area (Å²) in [6.07, 6.45) is 0.550. The number of nitrogens with one attached hydrogen (secondary N) is 2. The number of carbonyl (C=O) groups excluding carboxylic acids is 1. The summed E-state index contributed by atoms with van der Waals surface area (Å²) < 4.78 is 0. The van der Waals surface area contributed by atoms with Crippen molar-refractivity contribution in [2.75, 3.05) is 11.9 Å². The molecule has 5 nitrogen and oxygen atoms in total. The van der Waals surface area contributed by atoms with Gasteiger partial charge in [-0.3, -0.25) is 4.79 Å². The first kappa shape index (κ1) is 14.5. The Morgan fingerprint density at radius 2 is 2.17 bits per heavy atom. The number of hydrogen-bond acceptors (Lipinski definition) is 3. The van der Waals surface area contributed by atoms with Crippen molar-refractivity contribution in [1.29, 1.82) is 0 Å². The molecule has 0 aliphatic rings. The number of carboxylic acid groups (broad SMARTS) is 1. The van der Waals surface area contributed by atoms with E-state index < -0.39 is 11.9 Å². The molecule has 1 unspecified atom stereocenters. The maximum atomic E-state index is 11.5. The van der Waals surface area contributed by atoms with Gasteiger partial charge in [0.1, 0.15) is 0 Å². The number of urea groups is 1. The molecule has 0 fully saturated rings. The fourth-order valence-electron chi connectivity index (χ4n) is 1.57. The van der Waals surface area contributed by atoms with Gasteiger partial charge in [-0.05, 0) is 23.8 Å². The summed E-state index contributed by atoms with van der Waals surface area (Å²) >= 11 is 1.48. The Morgan fingerprint density at radius 3 is 2.67 bits per heavy atom. The van der Waals surface area contributed by atoms with E-state index in [0.29, 0.717) is 12.1 Å². The molecule has 2 amide bonds. The number of carboxylic acids is 1. The second-order valence-corrected chi connectivity index (χ2v) is 5.29. The molecular formula is C12H18N2O3S. The molecule has 0 aromatic carbocycles. The van der Waals surface area contributed by atoms with Crippen molar-refractivity contribution in [1.82, 2.24) is 5.32 Å². The molecule has 3 N–H and O–H groups in total. The second kappa shape index (κ2) is 7.00. The van der Waals surface area contributed by atoms with Gasteiger partial charge >= 0.3 is 12.0 Å². The van der Waals surface area contributed by atoms with E-state index in [4.69, 9.17) is 5.11 Å². The van der Waals surface area contributed by atoms with Crippen LogP contribution in [0.2, 0.25) is 0 Å². The van der Waals surface area contributed by atoms with Gasteiger partial charge in [0, 0.05) is 11.9 Å². The summed E-state index contributed by atoms with van der Waals surface area (Å²) in [5, 5.41) is 17.9. The Hall–Kier alpha value is -1.56. The van der Waals surface area contributed by atoms with Gasteiger partial charge in [0.05, 0.1) is 11.6 Å². The Labute approximate surface area is 110 Å². The van der Waals surface area contributed by atoms with E-state index in [2.05, 4.69) is 10.6 Å². The van der Waals surface area contributed by atoms with Gasteiger partial charge in [-0.1, -0.05) is 13.8 Å². The van der Waals surface area contributed by atoms with Gasteiger partial charge in [0.15, 0.2) is 0 Å². The van der Waals surface area contributed by atoms with Crippen LogP contribution in [-0.4, -0.2) is 23.7 Å². The first-order valence-electron chi connectivity index (χ1n) is 5.79. The van der Waals surface area contributed by atoms with Crippen molar-refractivity contribution < 1.29 is 14.7 Å². The summed E-state index contributed by atoms with van der Waals surface area (Å²) in [6.45, 7) is 4.06. The molecule has 0 bridgehead atoms. The average Bonchev–Trinajstić information content (AvgIpc) is 2.76. The molecule has 100 valence electrons. The van der Waals surface area contributed by atoms with E-state index in [1.54, 1.807) is 6.07 Å². The van der Waals surface area contributed by atoms with Gasteiger partial charge in [-0.2, -0.15) is 11.3 Å². The number of hydrogen-bond donors (Lipinski definition) is 3. The first-order chi connectivity index (χ1) is 8.49. The number of anilines is 1. The highest BCUT2D eigenvalue weighted by Gasteiger charge is 2.19. The van der Waals surface area contributed by atoms with E-state index in [1.165, 1.54) is 11.3 Å². The van der Waals surface area contributed by atoms with E-state index >= 15 is 0 Å². The number of aliphatic carboxylic acids is 1. The van der Waals surface area contributed by atoms with E-state index in [9.17, 15) is 9.59 Å². The van der Waals surface area contributed by atoms with Crippen LogP contribution < -0.4 is 10.6 Å². The van der Waals surface area contributed by atoms with Crippen LogP contribution in [0.3, 0.4) is 0 Å². The fourth-order valence-corrected chi connectivity index (χ4v) is 2.16. The predicted molar refractivity (Wildman–Crippen MR) is 71.9 cm³/mol. The van der Waals surface area contributed by atoms with Crippen LogP contribution in [0.4, 0.5) is 10.5 Å². The Balaban J connectivity index is 2.37. The molecule has 6 heteroatoms. The molecule has 0 saturated carbocycles. The fraction of sp³-hybridized carbons (Fsp3) is 0.500.